The Morgan fingerprint density at radius 1 is 1.22 bits per heavy atom. The van der Waals surface area contributed by atoms with Gasteiger partial charge in [-0.15, -0.1) is 0 Å². The standard InChI is InChI=1S/C26H37N3O3/c1-25(2)18-8-9-26(3,16-18)24(25)27-23(30)20-17-29(11-10-28-12-14-32-15-13-28)22-19(20)6-5-7-21(22)31-4/h5-7,17-18,24H,8-16H2,1-4H3,(H,27,30)/t18?,24-,26?/m1/s1. The Bertz CT molecular complexity index is 1000. The number of carbonyl (C=O) groups excluding carboxylic acids is 1. The van der Waals surface area contributed by atoms with Crippen LogP contribution in [0.25, 0.3) is 10.9 Å². The number of rotatable bonds is 6. The maximum absolute atomic E-state index is 13.6. The van der Waals surface area contributed by atoms with Crippen molar-refractivity contribution in [3.05, 3.63) is 30.0 Å². The van der Waals surface area contributed by atoms with E-state index in [4.69, 9.17) is 9.47 Å². The molecule has 174 valence electrons. The minimum atomic E-state index is 0.0419. The van der Waals surface area contributed by atoms with E-state index in [1.807, 2.05) is 24.4 Å². The first-order valence-electron chi connectivity index (χ1n) is 12.1. The number of nitrogens with one attached hydrogen (secondary N) is 1. The summed E-state index contributed by atoms with van der Waals surface area (Å²) in [7, 11) is 1.70. The van der Waals surface area contributed by atoms with Crippen molar-refractivity contribution < 1.29 is 14.3 Å². The third-order valence-electron chi connectivity index (χ3n) is 8.63. The van der Waals surface area contributed by atoms with E-state index in [2.05, 4.69) is 35.6 Å². The van der Waals surface area contributed by atoms with Crippen LogP contribution >= 0.6 is 0 Å². The van der Waals surface area contributed by atoms with Gasteiger partial charge in [-0.1, -0.05) is 32.9 Å². The van der Waals surface area contributed by atoms with E-state index in [1.165, 1.54) is 19.3 Å². The van der Waals surface area contributed by atoms with Crippen LogP contribution in [-0.2, 0) is 11.3 Å². The molecule has 6 heteroatoms. The highest BCUT2D eigenvalue weighted by Gasteiger charge is 2.59. The number of hydrogen-bond acceptors (Lipinski definition) is 4. The van der Waals surface area contributed by atoms with E-state index < -0.39 is 0 Å². The lowest BCUT2D eigenvalue weighted by Crippen LogP contribution is -2.52. The Kier molecular flexibility index (Phi) is 5.49. The number of nitrogens with zero attached hydrogens (tertiary/aromatic N) is 2. The normalized spacial score (nSPS) is 29.5. The summed E-state index contributed by atoms with van der Waals surface area (Å²) in [5, 5.41) is 4.45. The van der Waals surface area contributed by atoms with E-state index in [0.29, 0.717) is 5.92 Å². The Morgan fingerprint density at radius 3 is 2.69 bits per heavy atom. The number of benzene rings is 1. The zero-order valence-corrected chi connectivity index (χ0v) is 19.9. The van der Waals surface area contributed by atoms with Crippen molar-refractivity contribution in [2.45, 2.75) is 52.6 Å². The molecule has 2 aliphatic carbocycles. The van der Waals surface area contributed by atoms with Gasteiger partial charge in [0.15, 0.2) is 0 Å². The minimum absolute atomic E-state index is 0.0419. The van der Waals surface area contributed by atoms with Gasteiger partial charge in [-0.25, -0.2) is 0 Å². The number of morpholine rings is 1. The summed E-state index contributed by atoms with van der Waals surface area (Å²) in [6, 6.07) is 6.22. The molecule has 1 N–H and O–H groups in total. The van der Waals surface area contributed by atoms with E-state index in [1.54, 1.807) is 7.11 Å². The van der Waals surface area contributed by atoms with Crippen molar-refractivity contribution in [3.8, 4) is 5.75 Å². The maximum atomic E-state index is 13.6. The fourth-order valence-corrected chi connectivity index (χ4v) is 6.79. The Balaban J connectivity index is 1.44. The lowest BCUT2D eigenvalue weighted by molar-refractivity contribution is 0.0365. The highest BCUT2D eigenvalue weighted by molar-refractivity contribution is 6.08. The fourth-order valence-electron chi connectivity index (χ4n) is 6.79. The molecule has 2 bridgehead atoms. The van der Waals surface area contributed by atoms with Crippen LogP contribution in [0.15, 0.2) is 24.4 Å². The van der Waals surface area contributed by atoms with Gasteiger partial charge in [-0.2, -0.15) is 0 Å². The second-order valence-corrected chi connectivity index (χ2v) is 10.9. The molecule has 1 aromatic heterocycles. The molecule has 1 aromatic carbocycles. The number of para-hydroxylation sites is 1. The first-order valence-corrected chi connectivity index (χ1v) is 12.1. The van der Waals surface area contributed by atoms with E-state index in [-0.39, 0.29) is 22.8 Å². The van der Waals surface area contributed by atoms with E-state index in [0.717, 1.165) is 61.6 Å². The molecule has 1 amide bonds. The molecule has 3 aliphatic rings. The van der Waals surface area contributed by atoms with E-state index >= 15 is 0 Å². The SMILES string of the molecule is COc1cccc2c(C(=O)N[C@H]3C4(C)CCC(C4)C3(C)C)cn(CCN3CCOCC3)c12. The molecule has 0 spiro atoms. The van der Waals surface area contributed by atoms with Crippen LogP contribution in [0.2, 0.25) is 0 Å². The molecule has 1 saturated heterocycles. The second kappa shape index (κ2) is 8.07. The summed E-state index contributed by atoms with van der Waals surface area (Å²) in [4.78, 5) is 16.1. The summed E-state index contributed by atoms with van der Waals surface area (Å²) >= 11 is 0. The van der Waals surface area contributed by atoms with Gasteiger partial charge in [0.05, 0.1) is 31.4 Å². The number of carbonyl (C=O) groups is 1. The van der Waals surface area contributed by atoms with Gasteiger partial charge in [0, 0.05) is 43.8 Å². The van der Waals surface area contributed by atoms with Crippen molar-refractivity contribution >= 4 is 16.8 Å². The second-order valence-electron chi connectivity index (χ2n) is 10.9. The monoisotopic (exact) mass is 439 g/mol. The van der Waals surface area contributed by atoms with Crippen LogP contribution in [0.1, 0.15) is 50.4 Å². The predicted octanol–water partition coefficient (Wildman–Crippen LogP) is 3.93. The van der Waals surface area contributed by atoms with Gasteiger partial charge < -0.3 is 19.4 Å². The molecule has 32 heavy (non-hydrogen) atoms. The average molecular weight is 440 g/mol. The van der Waals surface area contributed by atoms with Crippen LogP contribution in [0.4, 0.5) is 0 Å². The molecule has 2 saturated carbocycles. The van der Waals surface area contributed by atoms with Gasteiger partial charge >= 0.3 is 0 Å². The number of methoxy groups -OCH3 is 1. The predicted molar refractivity (Wildman–Crippen MR) is 126 cm³/mol. The molecule has 5 rings (SSSR count). The largest absolute Gasteiger partial charge is 0.495 e. The van der Waals surface area contributed by atoms with Gasteiger partial charge in [0.2, 0.25) is 0 Å². The molecule has 1 aliphatic heterocycles. The zero-order chi connectivity index (χ0) is 22.5. The molecule has 0 radical (unpaired) electrons. The van der Waals surface area contributed by atoms with Crippen LogP contribution in [0, 0.1) is 16.7 Å². The molecule has 3 atom stereocenters. The van der Waals surface area contributed by atoms with E-state index in [9.17, 15) is 4.79 Å². The molecule has 2 aromatic rings. The van der Waals surface area contributed by atoms with Crippen molar-refractivity contribution in [3.63, 3.8) is 0 Å². The lowest BCUT2D eigenvalue weighted by atomic mass is 9.68. The smallest absolute Gasteiger partial charge is 0.253 e. The summed E-state index contributed by atoms with van der Waals surface area (Å²) < 4.78 is 13.4. The van der Waals surface area contributed by atoms with Crippen LogP contribution in [0.5, 0.6) is 5.75 Å². The van der Waals surface area contributed by atoms with Crippen molar-refractivity contribution in [2.24, 2.45) is 16.7 Å². The Labute approximate surface area is 191 Å². The summed E-state index contributed by atoms with van der Waals surface area (Å²) in [6.07, 6.45) is 5.75. The zero-order valence-electron chi connectivity index (χ0n) is 19.9. The summed E-state index contributed by atoms with van der Waals surface area (Å²) in [6.45, 7) is 12.3. The molecule has 6 nitrogen and oxygen atoms in total. The topological polar surface area (TPSA) is 55.7 Å². The Morgan fingerprint density at radius 2 is 2.00 bits per heavy atom. The first-order chi connectivity index (χ1) is 15.3. The molecular formula is C26H37N3O3. The third kappa shape index (κ3) is 3.52. The maximum Gasteiger partial charge on any atom is 0.253 e. The summed E-state index contributed by atoms with van der Waals surface area (Å²) in [5.74, 6) is 1.56. The summed E-state index contributed by atoms with van der Waals surface area (Å²) in [5.41, 5.74) is 2.10. The molecule has 2 unspecified atom stereocenters. The molecular weight excluding hydrogens is 402 g/mol. The number of hydrogen-bond donors (Lipinski definition) is 1. The lowest BCUT2D eigenvalue weighted by Gasteiger charge is -2.43. The third-order valence-corrected chi connectivity index (χ3v) is 8.63. The van der Waals surface area contributed by atoms with Crippen molar-refractivity contribution in [2.75, 3.05) is 40.0 Å². The van der Waals surface area contributed by atoms with Crippen molar-refractivity contribution in [1.82, 2.24) is 14.8 Å². The molecule has 2 heterocycles. The molecule has 3 fully saturated rings. The van der Waals surface area contributed by atoms with Crippen LogP contribution < -0.4 is 10.1 Å². The highest BCUT2D eigenvalue weighted by Crippen LogP contribution is 2.62. The quantitative estimate of drug-likeness (QED) is 0.741. The average Bonchev–Trinajstić information content (AvgIpc) is 3.42. The fraction of sp³-hybridized carbons (Fsp3) is 0.654. The van der Waals surface area contributed by atoms with Gasteiger partial charge in [0.1, 0.15) is 5.75 Å². The van der Waals surface area contributed by atoms with Crippen LogP contribution in [0.3, 0.4) is 0 Å². The number of amides is 1. The van der Waals surface area contributed by atoms with Gasteiger partial charge in [0.25, 0.3) is 5.91 Å². The minimum Gasteiger partial charge on any atom is -0.495 e. The van der Waals surface area contributed by atoms with Crippen molar-refractivity contribution in [1.29, 1.82) is 0 Å². The first kappa shape index (κ1) is 21.8. The van der Waals surface area contributed by atoms with Gasteiger partial charge in [-0.3, -0.25) is 9.69 Å². The number of aromatic nitrogens is 1. The van der Waals surface area contributed by atoms with Crippen LogP contribution in [-0.4, -0.2) is 61.4 Å². The Hall–Kier alpha value is -2.05. The highest BCUT2D eigenvalue weighted by atomic mass is 16.5. The number of fused-ring (bicyclic) bond motifs is 3. The number of ether oxygens (including phenoxy) is 2. The van der Waals surface area contributed by atoms with Gasteiger partial charge in [-0.05, 0) is 42.1 Å².